The van der Waals surface area contributed by atoms with E-state index in [0.29, 0.717) is 6.54 Å². The highest BCUT2D eigenvalue weighted by Crippen LogP contribution is 2.35. The molecule has 0 spiro atoms. The fourth-order valence-corrected chi connectivity index (χ4v) is 5.44. The van der Waals surface area contributed by atoms with E-state index in [9.17, 15) is 9.59 Å². The summed E-state index contributed by atoms with van der Waals surface area (Å²) in [5.74, 6) is -0.507. The van der Waals surface area contributed by atoms with Crippen LogP contribution >= 0.6 is 0 Å². The Balaban J connectivity index is 1.97. The van der Waals surface area contributed by atoms with Crippen LogP contribution in [0.3, 0.4) is 0 Å². The van der Waals surface area contributed by atoms with Gasteiger partial charge in [-0.3, -0.25) is 14.5 Å². The normalized spacial score (nSPS) is 14.5. The van der Waals surface area contributed by atoms with Crippen molar-refractivity contribution in [1.29, 1.82) is 0 Å². The molecule has 3 aromatic rings. The number of esters is 2. The summed E-state index contributed by atoms with van der Waals surface area (Å²) in [6.07, 6.45) is 2.08. The van der Waals surface area contributed by atoms with Crippen LogP contribution in [0.15, 0.2) is 97.6 Å². The van der Waals surface area contributed by atoms with Crippen molar-refractivity contribution in [3.05, 3.63) is 120 Å². The zero-order valence-electron chi connectivity index (χ0n) is 27.5. The van der Waals surface area contributed by atoms with Crippen molar-refractivity contribution < 1.29 is 19.1 Å². The van der Waals surface area contributed by atoms with Gasteiger partial charge in [0.25, 0.3) is 0 Å². The van der Waals surface area contributed by atoms with Gasteiger partial charge in [-0.15, -0.1) is 6.58 Å². The van der Waals surface area contributed by atoms with Crippen LogP contribution < -0.4 is 5.32 Å². The Hall–Kier alpha value is -3.74. The van der Waals surface area contributed by atoms with Crippen molar-refractivity contribution in [2.75, 3.05) is 6.54 Å². The van der Waals surface area contributed by atoms with Gasteiger partial charge in [0.15, 0.2) is 0 Å². The van der Waals surface area contributed by atoms with Gasteiger partial charge in [-0.2, -0.15) is 0 Å². The highest BCUT2D eigenvalue weighted by molar-refractivity contribution is 5.71. The molecule has 4 atom stereocenters. The molecule has 0 heterocycles. The topological polar surface area (TPSA) is 67.9 Å². The summed E-state index contributed by atoms with van der Waals surface area (Å²) >= 11 is 0. The van der Waals surface area contributed by atoms with Crippen LogP contribution in [-0.4, -0.2) is 35.1 Å². The van der Waals surface area contributed by atoms with Crippen LogP contribution in [0.5, 0.6) is 0 Å². The first-order valence-electron chi connectivity index (χ1n) is 15.6. The molecule has 0 saturated carbocycles. The number of hydrogen-bond acceptors (Lipinski definition) is 6. The van der Waals surface area contributed by atoms with Gasteiger partial charge in [0, 0.05) is 30.7 Å². The lowest BCUT2D eigenvalue weighted by molar-refractivity contribution is -0.156. The van der Waals surface area contributed by atoms with E-state index in [2.05, 4.69) is 79.2 Å². The van der Waals surface area contributed by atoms with E-state index >= 15 is 0 Å². The zero-order chi connectivity index (χ0) is 32.3. The van der Waals surface area contributed by atoms with Crippen molar-refractivity contribution in [1.82, 2.24) is 10.2 Å². The number of benzene rings is 3. The molecule has 0 aliphatic heterocycles. The molecule has 0 amide bonds. The fourth-order valence-electron chi connectivity index (χ4n) is 5.44. The largest absolute Gasteiger partial charge is 0.463 e. The summed E-state index contributed by atoms with van der Waals surface area (Å²) in [7, 11) is 0. The van der Waals surface area contributed by atoms with Gasteiger partial charge >= 0.3 is 11.9 Å². The number of nitrogens with one attached hydrogen (secondary N) is 1. The molecule has 0 fully saturated rings. The maximum absolute atomic E-state index is 13.2. The average Bonchev–Trinajstić information content (AvgIpc) is 2.98. The first-order chi connectivity index (χ1) is 20.9. The van der Waals surface area contributed by atoms with Gasteiger partial charge in [-0.25, -0.2) is 0 Å². The van der Waals surface area contributed by atoms with Gasteiger partial charge in [0.2, 0.25) is 0 Å². The Morgan fingerprint density at radius 3 is 1.84 bits per heavy atom. The number of carbonyl (C=O) groups excluding carboxylic acids is 2. The Morgan fingerprint density at radius 2 is 1.32 bits per heavy atom. The second-order valence-corrected chi connectivity index (χ2v) is 12.6. The highest BCUT2D eigenvalue weighted by atomic mass is 16.6. The second kappa shape index (κ2) is 16.4. The molecular weight excluding hydrogens is 548 g/mol. The third kappa shape index (κ3) is 10.8. The minimum atomic E-state index is -0.585. The first kappa shape index (κ1) is 34.7. The summed E-state index contributed by atoms with van der Waals surface area (Å²) in [5, 5.41) is 3.64. The van der Waals surface area contributed by atoms with E-state index in [1.54, 1.807) is 0 Å². The van der Waals surface area contributed by atoms with Gasteiger partial charge in [-0.1, -0.05) is 91.0 Å². The molecule has 1 N–H and O–H groups in total. The molecule has 3 rings (SSSR count). The number of rotatable bonds is 15. The Morgan fingerprint density at radius 1 is 0.773 bits per heavy atom. The Labute approximate surface area is 264 Å². The summed E-state index contributed by atoms with van der Waals surface area (Å²) in [4.78, 5) is 28.3. The molecule has 0 unspecified atom stereocenters. The van der Waals surface area contributed by atoms with Crippen molar-refractivity contribution in [3.8, 4) is 0 Å². The van der Waals surface area contributed by atoms with Crippen LogP contribution in [0.2, 0.25) is 0 Å². The van der Waals surface area contributed by atoms with Gasteiger partial charge in [0.1, 0.15) is 5.60 Å². The minimum Gasteiger partial charge on any atom is -0.463 e. The average molecular weight is 599 g/mol. The third-order valence-electron chi connectivity index (χ3n) is 7.51. The van der Waals surface area contributed by atoms with E-state index in [0.717, 1.165) is 22.3 Å². The van der Waals surface area contributed by atoms with Crippen molar-refractivity contribution in [2.24, 2.45) is 0 Å². The Bertz CT molecular complexity index is 1320. The van der Waals surface area contributed by atoms with E-state index in [4.69, 9.17) is 9.47 Å². The smallest absolute Gasteiger partial charge is 0.308 e. The molecule has 44 heavy (non-hydrogen) atoms. The number of ether oxygens (including phenoxy) is 2. The van der Waals surface area contributed by atoms with E-state index in [1.165, 1.54) is 0 Å². The van der Waals surface area contributed by atoms with Crippen LogP contribution in [0, 0.1) is 0 Å². The fraction of sp³-hybridized carbons (Fsp3) is 0.421. The molecule has 6 nitrogen and oxygen atoms in total. The molecule has 236 valence electrons. The predicted octanol–water partition coefficient (Wildman–Crippen LogP) is 8.44. The van der Waals surface area contributed by atoms with Crippen molar-refractivity contribution in [3.63, 3.8) is 0 Å². The summed E-state index contributed by atoms with van der Waals surface area (Å²) in [6.45, 7) is 18.2. The third-order valence-corrected chi connectivity index (χ3v) is 7.51. The minimum absolute atomic E-state index is 0.0162. The molecule has 0 radical (unpaired) electrons. The van der Waals surface area contributed by atoms with E-state index in [1.807, 2.05) is 77.1 Å². The number of nitrogens with zero attached hydrogens (tertiary/aromatic N) is 1. The van der Waals surface area contributed by atoms with Gasteiger partial charge in [-0.05, 0) is 70.7 Å². The zero-order valence-corrected chi connectivity index (χ0v) is 27.5. The van der Waals surface area contributed by atoms with Crippen molar-refractivity contribution >= 4 is 11.9 Å². The molecular formula is C38H50N2O4. The van der Waals surface area contributed by atoms with E-state index < -0.39 is 5.60 Å². The molecule has 3 aromatic carbocycles. The monoisotopic (exact) mass is 598 g/mol. The first-order valence-corrected chi connectivity index (χ1v) is 15.6. The second-order valence-electron chi connectivity index (χ2n) is 12.6. The molecule has 0 bridgehead atoms. The van der Waals surface area contributed by atoms with Gasteiger partial charge in [0.05, 0.1) is 18.9 Å². The van der Waals surface area contributed by atoms with Crippen LogP contribution in [0.1, 0.15) is 108 Å². The molecule has 0 aliphatic rings. The lowest BCUT2D eigenvalue weighted by Gasteiger charge is -2.36. The van der Waals surface area contributed by atoms with Crippen molar-refractivity contribution in [2.45, 2.75) is 97.2 Å². The number of hydrogen-bond donors (Lipinski definition) is 1. The Kier molecular flexibility index (Phi) is 12.9. The highest BCUT2D eigenvalue weighted by Gasteiger charge is 2.30. The summed E-state index contributed by atoms with van der Waals surface area (Å²) < 4.78 is 11.3. The lowest BCUT2D eigenvalue weighted by Crippen LogP contribution is -2.35. The lowest BCUT2D eigenvalue weighted by atomic mass is 9.94. The quantitative estimate of drug-likeness (QED) is 0.140. The summed E-state index contributed by atoms with van der Waals surface area (Å²) in [6, 6.07) is 28.2. The van der Waals surface area contributed by atoms with Crippen LogP contribution in [-0.2, 0) is 19.1 Å². The van der Waals surface area contributed by atoms with E-state index in [-0.39, 0.29) is 55.1 Å². The van der Waals surface area contributed by atoms with Gasteiger partial charge < -0.3 is 14.8 Å². The predicted molar refractivity (Wildman–Crippen MR) is 178 cm³/mol. The molecule has 0 aliphatic carbocycles. The summed E-state index contributed by atoms with van der Waals surface area (Å²) in [5.41, 5.74) is 3.67. The molecule has 6 heteroatoms. The maximum Gasteiger partial charge on any atom is 0.308 e. The standard InChI is InChI=1S/C38H50N2O4/c1-9-24-40(29(5)31-18-14-11-15-19-31)35(26-37(42)44-38(6,7)8)33-22-20-32(21-23-33)34(25-36(41)43-27(2)3)39-28(4)30-16-12-10-13-17-30/h9-23,27-29,34-35,39H,1,24-26H2,2-8H3/t28-,29+,34+,35-/m1/s1. The molecule has 0 saturated heterocycles. The van der Waals surface area contributed by atoms with Crippen LogP contribution in [0.4, 0.5) is 0 Å². The maximum atomic E-state index is 13.2. The van der Waals surface area contributed by atoms with Crippen LogP contribution in [0.25, 0.3) is 0 Å². The number of carbonyl (C=O) groups is 2. The molecule has 0 aromatic heterocycles. The SMILES string of the molecule is C=CCN([C@H](CC(=O)OC(C)(C)C)c1ccc([C@H](CC(=O)OC(C)C)N[C@H](C)c2ccccc2)cc1)[C@@H](C)c1ccccc1.